The van der Waals surface area contributed by atoms with Crippen molar-refractivity contribution >= 4 is 24.2 Å². The number of hydrogen-bond donors (Lipinski definition) is 2. The number of hydrogen-bond acceptors (Lipinski definition) is 3. The van der Waals surface area contributed by atoms with Crippen molar-refractivity contribution in [3.63, 3.8) is 0 Å². The highest BCUT2D eigenvalue weighted by Crippen LogP contribution is 2.25. The van der Waals surface area contributed by atoms with E-state index in [-0.39, 0.29) is 28.4 Å². The molecule has 2 N–H and O–H groups in total. The molecule has 0 aromatic heterocycles. The van der Waals surface area contributed by atoms with Gasteiger partial charge in [0.25, 0.3) is 0 Å². The highest BCUT2D eigenvalue weighted by atomic mass is 35.5. The van der Waals surface area contributed by atoms with Crippen molar-refractivity contribution < 1.29 is 23.6 Å². The van der Waals surface area contributed by atoms with E-state index in [0.29, 0.717) is 0 Å². The molecule has 0 atom stereocenters. The maximum absolute atomic E-state index is 13.7. The highest BCUT2D eigenvalue weighted by molar-refractivity contribution is 6.58. The average Bonchev–Trinajstić information content (AvgIpc) is 2.41. The van der Waals surface area contributed by atoms with E-state index in [4.69, 9.17) is 26.4 Å². The lowest BCUT2D eigenvalue weighted by Gasteiger charge is -2.09. The van der Waals surface area contributed by atoms with Gasteiger partial charge in [-0.1, -0.05) is 29.8 Å². The second-order valence-electron chi connectivity index (χ2n) is 4.07. The first-order valence-corrected chi connectivity index (χ1v) is 6.08. The van der Waals surface area contributed by atoms with Crippen molar-refractivity contribution in [2.75, 3.05) is 0 Å². The van der Waals surface area contributed by atoms with Crippen LogP contribution in [0.4, 0.5) is 8.78 Å². The Kier molecular flexibility index (Phi) is 4.59. The first-order chi connectivity index (χ1) is 9.49. The van der Waals surface area contributed by atoms with Gasteiger partial charge in [-0.25, -0.2) is 8.78 Å². The van der Waals surface area contributed by atoms with Gasteiger partial charge in [-0.15, -0.1) is 0 Å². The van der Waals surface area contributed by atoms with Crippen molar-refractivity contribution in [1.82, 2.24) is 0 Å². The summed E-state index contributed by atoms with van der Waals surface area (Å²) in [5.74, 6) is -1.46. The summed E-state index contributed by atoms with van der Waals surface area (Å²) in [6.45, 7) is -0.203. The molecule has 2 rings (SSSR count). The summed E-state index contributed by atoms with van der Waals surface area (Å²) in [5, 5.41) is 17.7. The van der Waals surface area contributed by atoms with Gasteiger partial charge in [0.05, 0.1) is 5.02 Å². The lowest BCUT2D eigenvalue weighted by molar-refractivity contribution is 0.285. The van der Waals surface area contributed by atoms with Crippen LogP contribution < -0.4 is 10.2 Å². The summed E-state index contributed by atoms with van der Waals surface area (Å²) in [6.07, 6.45) is 0. The van der Waals surface area contributed by atoms with Gasteiger partial charge < -0.3 is 14.8 Å². The van der Waals surface area contributed by atoms with Crippen molar-refractivity contribution in [3.8, 4) is 5.75 Å². The first-order valence-electron chi connectivity index (χ1n) is 5.70. The molecule has 2 aromatic rings. The SMILES string of the molecule is OB(O)c1ccc(COc2cccc(Cl)c2F)c(F)c1. The minimum atomic E-state index is -1.75. The molecule has 3 nitrogen and oxygen atoms in total. The molecule has 0 unspecified atom stereocenters. The average molecular weight is 298 g/mol. The maximum Gasteiger partial charge on any atom is 0.488 e. The van der Waals surface area contributed by atoms with E-state index < -0.39 is 18.8 Å². The van der Waals surface area contributed by atoms with Crippen molar-refractivity contribution in [1.29, 1.82) is 0 Å². The van der Waals surface area contributed by atoms with Gasteiger partial charge in [-0.05, 0) is 23.7 Å². The third-order valence-electron chi connectivity index (χ3n) is 2.67. The normalized spacial score (nSPS) is 10.4. The van der Waals surface area contributed by atoms with Crippen LogP contribution in [0.1, 0.15) is 5.56 Å². The topological polar surface area (TPSA) is 49.7 Å². The Labute approximate surface area is 119 Å². The summed E-state index contributed by atoms with van der Waals surface area (Å²) in [6, 6.07) is 7.94. The Hall–Kier alpha value is -1.63. The second kappa shape index (κ2) is 6.22. The third-order valence-corrected chi connectivity index (χ3v) is 2.97. The molecule has 0 fully saturated rings. The molecular weight excluding hydrogens is 288 g/mol. The fraction of sp³-hybridized carbons (Fsp3) is 0.0769. The zero-order valence-electron chi connectivity index (χ0n) is 10.2. The summed E-state index contributed by atoms with van der Waals surface area (Å²) >= 11 is 5.60. The summed E-state index contributed by atoms with van der Waals surface area (Å²) in [7, 11) is -1.75. The van der Waals surface area contributed by atoms with Gasteiger partial charge in [0.2, 0.25) is 0 Å². The van der Waals surface area contributed by atoms with Crippen molar-refractivity contribution in [2.24, 2.45) is 0 Å². The van der Waals surface area contributed by atoms with Gasteiger partial charge in [-0.3, -0.25) is 0 Å². The zero-order chi connectivity index (χ0) is 14.7. The predicted molar refractivity (Wildman–Crippen MR) is 72.0 cm³/mol. The van der Waals surface area contributed by atoms with Gasteiger partial charge in [-0.2, -0.15) is 0 Å². The highest BCUT2D eigenvalue weighted by Gasteiger charge is 2.14. The van der Waals surface area contributed by atoms with Gasteiger partial charge in [0, 0.05) is 5.56 Å². The summed E-state index contributed by atoms with van der Waals surface area (Å²) < 4.78 is 32.4. The Morgan fingerprint density at radius 2 is 1.90 bits per heavy atom. The molecule has 0 aliphatic carbocycles. The first kappa shape index (κ1) is 14.8. The van der Waals surface area contributed by atoms with Crippen LogP contribution in [0.15, 0.2) is 36.4 Å². The Balaban J connectivity index is 2.13. The minimum Gasteiger partial charge on any atom is -0.486 e. The molecule has 0 heterocycles. The second-order valence-corrected chi connectivity index (χ2v) is 4.47. The molecule has 0 amide bonds. The number of halogens is 3. The molecule has 0 spiro atoms. The van der Waals surface area contributed by atoms with E-state index in [1.165, 1.54) is 30.3 Å². The summed E-state index contributed by atoms with van der Waals surface area (Å²) in [4.78, 5) is 0. The van der Waals surface area contributed by atoms with Crippen LogP contribution in [0, 0.1) is 11.6 Å². The maximum atomic E-state index is 13.7. The molecule has 0 aliphatic rings. The lowest BCUT2D eigenvalue weighted by atomic mass is 9.80. The number of ether oxygens (including phenoxy) is 1. The molecular formula is C13H10BClF2O3. The van der Waals surface area contributed by atoms with E-state index in [2.05, 4.69) is 0 Å². The largest absolute Gasteiger partial charge is 0.488 e. The third kappa shape index (κ3) is 3.28. The van der Waals surface area contributed by atoms with Crippen LogP contribution in [-0.2, 0) is 6.61 Å². The molecule has 0 aliphatic heterocycles. The van der Waals surface area contributed by atoms with Crippen LogP contribution in [0.5, 0.6) is 5.75 Å². The van der Waals surface area contributed by atoms with Crippen LogP contribution in [0.2, 0.25) is 5.02 Å². The quantitative estimate of drug-likeness (QED) is 0.847. The fourth-order valence-electron chi connectivity index (χ4n) is 1.59. The standard InChI is InChI=1S/C13H10BClF2O3/c15-10-2-1-3-12(13(10)17)20-7-8-4-5-9(14(18)19)6-11(8)16/h1-6,18-19H,7H2. The monoisotopic (exact) mass is 298 g/mol. The Morgan fingerprint density at radius 1 is 1.15 bits per heavy atom. The minimum absolute atomic E-state index is 0.0280. The van der Waals surface area contributed by atoms with E-state index in [0.717, 1.165) is 6.07 Å². The smallest absolute Gasteiger partial charge is 0.486 e. The van der Waals surface area contributed by atoms with Crippen LogP contribution >= 0.6 is 11.6 Å². The predicted octanol–water partition coefficient (Wildman–Crippen LogP) is 1.88. The molecule has 7 heteroatoms. The van der Waals surface area contributed by atoms with Gasteiger partial charge in [0.15, 0.2) is 11.6 Å². The van der Waals surface area contributed by atoms with E-state index >= 15 is 0 Å². The van der Waals surface area contributed by atoms with Crippen LogP contribution in [0.3, 0.4) is 0 Å². The Morgan fingerprint density at radius 3 is 2.55 bits per heavy atom. The van der Waals surface area contributed by atoms with Crippen LogP contribution in [-0.4, -0.2) is 17.2 Å². The molecule has 104 valence electrons. The van der Waals surface area contributed by atoms with Crippen molar-refractivity contribution in [2.45, 2.75) is 6.61 Å². The van der Waals surface area contributed by atoms with Crippen LogP contribution in [0.25, 0.3) is 0 Å². The van der Waals surface area contributed by atoms with Gasteiger partial charge >= 0.3 is 7.12 Å². The number of rotatable bonds is 4. The number of benzene rings is 2. The molecule has 0 radical (unpaired) electrons. The Bertz CT molecular complexity index is 623. The van der Waals surface area contributed by atoms with E-state index in [1.807, 2.05) is 0 Å². The fourth-order valence-corrected chi connectivity index (χ4v) is 1.76. The van der Waals surface area contributed by atoms with E-state index in [9.17, 15) is 8.78 Å². The molecule has 20 heavy (non-hydrogen) atoms. The van der Waals surface area contributed by atoms with Crippen molar-refractivity contribution in [3.05, 3.63) is 58.6 Å². The molecule has 0 saturated carbocycles. The summed E-state index contributed by atoms with van der Waals surface area (Å²) in [5.41, 5.74) is 0.189. The van der Waals surface area contributed by atoms with Gasteiger partial charge in [0.1, 0.15) is 12.4 Å². The van der Waals surface area contributed by atoms with E-state index in [1.54, 1.807) is 0 Å². The molecule has 0 bridgehead atoms. The molecule has 0 saturated heterocycles. The lowest BCUT2D eigenvalue weighted by Crippen LogP contribution is -2.30. The zero-order valence-corrected chi connectivity index (χ0v) is 10.9. The molecule has 2 aromatic carbocycles.